The fourth-order valence-corrected chi connectivity index (χ4v) is 6.91. The number of fused-ring (bicyclic) bond motifs is 1. The first-order valence-electron chi connectivity index (χ1n) is 12.1. The Kier molecular flexibility index (Phi) is 8.27. The minimum absolute atomic E-state index is 0.0972. The monoisotopic (exact) mass is 531 g/mol. The summed E-state index contributed by atoms with van der Waals surface area (Å²) in [5, 5.41) is 2.86. The number of benzene rings is 2. The highest BCUT2D eigenvalue weighted by Crippen LogP contribution is 2.36. The molecule has 1 fully saturated rings. The summed E-state index contributed by atoms with van der Waals surface area (Å²) < 4.78 is 33.8. The Bertz CT molecular complexity index is 1210. The lowest BCUT2D eigenvalue weighted by Crippen LogP contribution is -2.45. The fraction of sp³-hybridized carbons (Fsp3) is 0.462. The van der Waals surface area contributed by atoms with Crippen LogP contribution < -0.4 is 15.0 Å². The second kappa shape index (κ2) is 11.2. The van der Waals surface area contributed by atoms with Crippen molar-refractivity contribution in [2.75, 3.05) is 43.9 Å². The van der Waals surface area contributed by atoms with Gasteiger partial charge in [-0.1, -0.05) is 26.0 Å². The number of sulfonamides is 1. The number of nitrogens with one attached hydrogen (secondary N) is 1. The molecule has 2 aromatic rings. The van der Waals surface area contributed by atoms with Crippen LogP contribution in [-0.2, 0) is 26.0 Å². The average Bonchev–Trinajstić information content (AvgIpc) is 2.85. The van der Waals surface area contributed by atoms with E-state index in [1.165, 1.54) is 26.2 Å². The van der Waals surface area contributed by atoms with Crippen molar-refractivity contribution < 1.29 is 22.7 Å². The molecule has 2 aliphatic rings. The van der Waals surface area contributed by atoms with Crippen LogP contribution in [-0.4, -0.2) is 63.6 Å². The lowest BCUT2D eigenvalue weighted by Gasteiger charge is -2.34. The number of hydrogen-bond donors (Lipinski definition) is 1. The van der Waals surface area contributed by atoms with Crippen LogP contribution in [0.1, 0.15) is 25.8 Å². The zero-order valence-corrected chi connectivity index (χ0v) is 22.5. The summed E-state index contributed by atoms with van der Waals surface area (Å²) in [5.41, 5.74) is 1.41. The number of thioether (sulfide) groups is 1. The van der Waals surface area contributed by atoms with Gasteiger partial charge in [-0.25, -0.2) is 8.42 Å². The van der Waals surface area contributed by atoms with Crippen molar-refractivity contribution in [3.05, 3.63) is 48.0 Å². The predicted molar refractivity (Wildman–Crippen MR) is 141 cm³/mol. The molecule has 2 aliphatic heterocycles. The van der Waals surface area contributed by atoms with Crippen LogP contribution in [0.3, 0.4) is 0 Å². The van der Waals surface area contributed by atoms with Crippen LogP contribution in [0.4, 0.5) is 5.69 Å². The molecule has 0 aliphatic carbocycles. The minimum Gasteiger partial charge on any atom is -0.482 e. The van der Waals surface area contributed by atoms with Crippen molar-refractivity contribution in [1.82, 2.24) is 9.62 Å². The van der Waals surface area contributed by atoms with E-state index in [0.29, 0.717) is 37.5 Å². The molecule has 0 saturated carbocycles. The molecule has 0 bridgehead atoms. The maximum absolute atomic E-state index is 13.4. The standard InChI is InChI=1S/C26H33N3O5S2/c1-18-12-19(2)15-28(14-18)36(32,33)22-8-9-24-23(13-22)29(26(31)17-34-24)16-25(30)27-11-10-20-4-6-21(35-3)7-5-20/h4-9,13,18-19H,10-12,14-17H2,1-3H3,(H,27,30)/t18-,19-/m0/s1. The maximum atomic E-state index is 13.4. The Hall–Kier alpha value is -2.56. The molecule has 2 heterocycles. The van der Waals surface area contributed by atoms with E-state index in [2.05, 4.69) is 19.2 Å². The molecular weight excluding hydrogens is 498 g/mol. The quantitative estimate of drug-likeness (QED) is 0.526. The Morgan fingerprint density at radius 1 is 1.11 bits per heavy atom. The van der Waals surface area contributed by atoms with Crippen LogP contribution in [0.15, 0.2) is 52.3 Å². The summed E-state index contributed by atoms with van der Waals surface area (Å²) in [5.74, 6) is 0.226. The summed E-state index contributed by atoms with van der Waals surface area (Å²) in [6.07, 6.45) is 3.68. The van der Waals surface area contributed by atoms with Gasteiger partial charge in [0.1, 0.15) is 12.3 Å². The summed E-state index contributed by atoms with van der Waals surface area (Å²) in [7, 11) is -3.74. The highest BCUT2D eigenvalue weighted by molar-refractivity contribution is 7.98. The van der Waals surface area contributed by atoms with Gasteiger partial charge in [-0.05, 0) is 66.8 Å². The zero-order chi connectivity index (χ0) is 25.9. The van der Waals surface area contributed by atoms with Crippen molar-refractivity contribution in [2.24, 2.45) is 11.8 Å². The van der Waals surface area contributed by atoms with Crippen molar-refractivity contribution in [3.8, 4) is 5.75 Å². The van der Waals surface area contributed by atoms with E-state index >= 15 is 0 Å². The number of carbonyl (C=O) groups excluding carboxylic acids is 2. The molecule has 10 heteroatoms. The molecule has 0 radical (unpaired) electrons. The van der Waals surface area contributed by atoms with Crippen LogP contribution >= 0.6 is 11.8 Å². The minimum atomic E-state index is -3.74. The number of rotatable bonds is 8. The largest absolute Gasteiger partial charge is 0.482 e. The Morgan fingerprint density at radius 2 is 1.81 bits per heavy atom. The number of amides is 2. The molecule has 0 aromatic heterocycles. The lowest BCUT2D eigenvalue weighted by atomic mass is 9.94. The highest BCUT2D eigenvalue weighted by Gasteiger charge is 2.34. The highest BCUT2D eigenvalue weighted by atomic mass is 32.2. The van der Waals surface area contributed by atoms with Gasteiger partial charge in [-0.2, -0.15) is 4.31 Å². The van der Waals surface area contributed by atoms with Gasteiger partial charge in [0, 0.05) is 24.5 Å². The van der Waals surface area contributed by atoms with Gasteiger partial charge in [0.2, 0.25) is 15.9 Å². The van der Waals surface area contributed by atoms with E-state index in [0.717, 1.165) is 12.0 Å². The van der Waals surface area contributed by atoms with E-state index in [4.69, 9.17) is 4.74 Å². The first-order chi connectivity index (χ1) is 17.2. The van der Waals surface area contributed by atoms with E-state index in [1.807, 2.05) is 30.5 Å². The van der Waals surface area contributed by atoms with Gasteiger partial charge in [-0.3, -0.25) is 14.5 Å². The smallest absolute Gasteiger partial charge is 0.265 e. The third kappa shape index (κ3) is 6.04. The molecule has 0 spiro atoms. The third-order valence-corrected chi connectivity index (χ3v) is 9.11. The Morgan fingerprint density at radius 3 is 2.47 bits per heavy atom. The van der Waals surface area contributed by atoms with Gasteiger partial charge in [-0.15, -0.1) is 11.8 Å². The number of piperidine rings is 1. The molecule has 4 rings (SSSR count). The maximum Gasteiger partial charge on any atom is 0.265 e. The molecule has 194 valence electrons. The molecule has 1 N–H and O–H groups in total. The molecule has 2 aromatic carbocycles. The second-order valence-electron chi connectivity index (χ2n) is 9.61. The van der Waals surface area contributed by atoms with E-state index in [-0.39, 0.29) is 41.7 Å². The molecule has 0 unspecified atom stereocenters. The summed E-state index contributed by atoms with van der Waals surface area (Å²) in [6, 6.07) is 12.7. The lowest BCUT2D eigenvalue weighted by molar-refractivity contribution is -0.125. The van der Waals surface area contributed by atoms with E-state index in [1.54, 1.807) is 17.8 Å². The van der Waals surface area contributed by atoms with Crippen LogP contribution in [0.2, 0.25) is 0 Å². The van der Waals surface area contributed by atoms with Gasteiger partial charge < -0.3 is 10.1 Å². The number of nitrogens with zero attached hydrogens (tertiary/aromatic N) is 2. The SMILES string of the molecule is CSc1ccc(CCNC(=O)CN2C(=O)COc3ccc(S(=O)(=O)N4C[C@@H](C)C[C@H](C)C4)cc32)cc1. The molecule has 36 heavy (non-hydrogen) atoms. The topological polar surface area (TPSA) is 96.0 Å². The van der Waals surface area contributed by atoms with Crippen LogP contribution in [0.25, 0.3) is 0 Å². The number of anilines is 1. The second-order valence-corrected chi connectivity index (χ2v) is 12.4. The van der Waals surface area contributed by atoms with Gasteiger partial charge in [0.15, 0.2) is 6.61 Å². The predicted octanol–water partition coefficient (Wildman–Crippen LogP) is 3.16. The molecule has 2 atom stereocenters. The molecule has 2 amide bonds. The van der Waals surface area contributed by atoms with Crippen molar-refractivity contribution >= 4 is 39.3 Å². The normalized spacial score (nSPS) is 20.5. The average molecular weight is 532 g/mol. The third-order valence-electron chi connectivity index (χ3n) is 6.54. The summed E-state index contributed by atoms with van der Waals surface area (Å²) in [6.45, 7) is 5.06. The summed E-state index contributed by atoms with van der Waals surface area (Å²) in [4.78, 5) is 27.9. The van der Waals surface area contributed by atoms with Crippen molar-refractivity contribution in [1.29, 1.82) is 0 Å². The molecular formula is C26H33N3O5S2. The first-order valence-corrected chi connectivity index (χ1v) is 14.8. The van der Waals surface area contributed by atoms with Gasteiger partial charge in [0.05, 0.1) is 10.6 Å². The number of carbonyl (C=O) groups is 2. The Balaban J connectivity index is 1.45. The first kappa shape index (κ1) is 26.5. The van der Waals surface area contributed by atoms with Crippen molar-refractivity contribution in [2.45, 2.75) is 36.5 Å². The number of hydrogen-bond acceptors (Lipinski definition) is 6. The van der Waals surface area contributed by atoms with E-state index < -0.39 is 10.0 Å². The van der Waals surface area contributed by atoms with Crippen molar-refractivity contribution in [3.63, 3.8) is 0 Å². The Labute approximate surface area is 217 Å². The van der Waals surface area contributed by atoms with Crippen LogP contribution in [0, 0.1) is 11.8 Å². The van der Waals surface area contributed by atoms with E-state index in [9.17, 15) is 18.0 Å². The van der Waals surface area contributed by atoms with Crippen LogP contribution in [0.5, 0.6) is 5.75 Å². The number of ether oxygens (including phenoxy) is 1. The summed E-state index contributed by atoms with van der Waals surface area (Å²) >= 11 is 1.67. The zero-order valence-electron chi connectivity index (χ0n) is 20.9. The van der Waals surface area contributed by atoms with Gasteiger partial charge in [0.25, 0.3) is 5.91 Å². The fourth-order valence-electron chi connectivity index (χ4n) is 4.80. The van der Waals surface area contributed by atoms with Gasteiger partial charge >= 0.3 is 0 Å². The molecule has 1 saturated heterocycles. The molecule has 8 nitrogen and oxygen atoms in total.